The van der Waals surface area contributed by atoms with Gasteiger partial charge in [0.05, 0.1) is 45.7 Å². The number of ether oxygens (including phenoxy) is 4. The first kappa shape index (κ1) is 57.2. The van der Waals surface area contributed by atoms with E-state index in [4.69, 9.17) is 37.1 Å². The van der Waals surface area contributed by atoms with Crippen LogP contribution in [-0.2, 0) is 52.5 Å². The molecule has 0 aliphatic carbocycles. The van der Waals surface area contributed by atoms with Crippen molar-refractivity contribution in [3.8, 4) is 0 Å². The van der Waals surface area contributed by atoms with Crippen LogP contribution < -0.4 is 26.5 Å². The minimum atomic E-state index is -1.19. The molecule has 20 heteroatoms. The summed E-state index contributed by atoms with van der Waals surface area (Å²) in [6.45, 7) is 1.74. The number of amides is 4. The highest BCUT2D eigenvalue weighted by atomic mass is 16.5. The standard InChI is InChI=1S/C41H74BN5O14/c42-47-34(41(56)57)17-15-16-22-43-37(50)31-60-29-28-59-26-24-45-38(51)32-61-30-27-58-25-23-44-35(48)21-20-33(40(54)55)46-36(49)18-13-11-9-7-5-3-1-2-4-6-8-10-12-14-19-39(52)53/h33-34,47H,1-32H2,(H,43,50)(H,44,48)(H,45,51)(H,46,49)(H,52,53)(H,54,55)(H,56,57)/t33-,34-/m0/s1. The summed E-state index contributed by atoms with van der Waals surface area (Å²) in [7, 11) is 5.17. The molecule has 350 valence electrons. The van der Waals surface area contributed by atoms with Gasteiger partial charge in [0, 0.05) is 38.9 Å². The Bertz CT molecular complexity index is 1200. The number of carbonyl (C=O) groups excluding carboxylic acids is 4. The Labute approximate surface area is 362 Å². The van der Waals surface area contributed by atoms with Crippen LogP contribution in [0.1, 0.15) is 135 Å². The fourth-order valence-corrected chi connectivity index (χ4v) is 5.95. The molecule has 0 aromatic heterocycles. The van der Waals surface area contributed by atoms with Crippen LogP contribution in [0, 0.1) is 0 Å². The zero-order valence-corrected chi connectivity index (χ0v) is 36.2. The molecule has 0 aliphatic heterocycles. The summed E-state index contributed by atoms with van der Waals surface area (Å²) in [5.74, 6) is -4.25. The molecule has 0 aliphatic rings. The molecule has 2 atom stereocenters. The van der Waals surface area contributed by atoms with Gasteiger partial charge in [-0.1, -0.05) is 77.0 Å². The molecule has 0 aromatic rings. The lowest BCUT2D eigenvalue weighted by molar-refractivity contribution is -0.142. The third-order valence-corrected chi connectivity index (χ3v) is 9.43. The third-order valence-electron chi connectivity index (χ3n) is 9.43. The highest BCUT2D eigenvalue weighted by molar-refractivity contribution is 6.06. The zero-order chi connectivity index (χ0) is 45.2. The molecule has 0 aromatic carbocycles. The van der Waals surface area contributed by atoms with Crippen molar-refractivity contribution in [2.24, 2.45) is 0 Å². The van der Waals surface area contributed by atoms with E-state index in [9.17, 15) is 38.7 Å². The molecule has 0 unspecified atom stereocenters. The lowest BCUT2D eigenvalue weighted by Crippen LogP contribution is -2.41. The Morgan fingerprint density at radius 2 is 0.836 bits per heavy atom. The fourth-order valence-electron chi connectivity index (χ4n) is 5.95. The highest BCUT2D eigenvalue weighted by Crippen LogP contribution is 2.14. The molecule has 4 amide bonds. The van der Waals surface area contributed by atoms with Gasteiger partial charge in [-0.05, 0) is 38.5 Å². The van der Waals surface area contributed by atoms with Gasteiger partial charge in [-0.15, -0.1) is 0 Å². The van der Waals surface area contributed by atoms with Crippen molar-refractivity contribution in [2.45, 2.75) is 147 Å². The molecular weight excluding hydrogens is 797 g/mol. The number of carboxylic acid groups (broad SMARTS) is 3. The maximum atomic E-state index is 12.3. The van der Waals surface area contributed by atoms with Crippen molar-refractivity contribution in [1.82, 2.24) is 26.5 Å². The summed E-state index contributed by atoms with van der Waals surface area (Å²) < 4.78 is 21.2. The molecule has 0 fully saturated rings. The van der Waals surface area contributed by atoms with E-state index in [0.717, 1.165) is 44.9 Å². The number of aliphatic carboxylic acids is 3. The van der Waals surface area contributed by atoms with Crippen LogP contribution in [0.4, 0.5) is 0 Å². The molecule has 2 radical (unpaired) electrons. The normalized spacial score (nSPS) is 12.0. The smallest absolute Gasteiger partial charge is 0.326 e. The van der Waals surface area contributed by atoms with Gasteiger partial charge in [0.15, 0.2) is 7.98 Å². The van der Waals surface area contributed by atoms with Crippen molar-refractivity contribution in [1.29, 1.82) is 0 Å². The van der Waals surface area contributed by atoms with Crippen LogP contribution in [0.15, 0.2) is 0 Å². The average molecular weight is 872 g/mol. The zero-order valence-electron chi connectivity index (χ0n) is 36.2. The first-order chi connectivity index (χ1) is 29.5. The second-order valence-electron chi connectivity index (χ2n) is 14.8. The molecule has 0 rings (SSSR count). The summed E-state index contributed by atoms with van der Waals surface area (Å²) in [5.41, 5.74) is 0. The lowest BCUT2D eigenvalue weighted by atomic mass is 10.0. The molecular formula is C41H74BN5O14. The Balaban J connectivity index is 3.65. The summed E-state index contributed by atoms with van der Waals surface area (Å²) in [4.78, 5) is 81.2. The van der Waals surface area contributed by atoms with Crippen LogP contribution in [-0.4, -0.2) is 149 Å². The van der Waals surface area contributed by atoms with Crippen molar-refractivity contribution >= 4 is 49.5 Å². The van der Waals surface area contributed by atoms with Crippen LogP contribution in [0.2, 0.25) is 0 Å². The average Bonchev–Trinajstić information content (AvgIpc) is 3.22. The third kappa shape index (κ3) is 40.0. The van der Waals surface area contributed by atoms with E-state index in [2.05, 4.69) is 26.5 Å². The fraction of sp³-hybridized carbons (Fsp3) is 0.829. The van der Waals surface area contributed by atoms with Gasteiger partial charge < -0.3 is 60.8 Å². The van der Waals surface area contributed by atoms with Crippen LogP contribution in [0.25, 0.3) is 0 Å². The molecule has 61 heavy (non-hydrogen) atoms. The van der Waals surface area contributed by atoms with Crippen LogP contribution in [0.3, 0.4) is 0 Å². The molecule has 0 saturated heterocycles. The minimum Gasteiger partial charge on any atom is -0.481 e. The summed E-state index contributed by atoms with van der Waals surface area (Å²) in [5, 5.41) is 39.8. The van der Waals surface area contributed by atoms with Gasteiger partial charge in [-0.25, -0.2) is 4.79 Å². The highest BCUT2D eigenvalue weighted by Gasteiger charge is 2.21. The summed E-state index contributed by atoms with van der Waals surface area (Å²) >= 11 is 0. The maximum Gasteiger partial charge on any atom is 0.326 e. The van der Waals surface area contributed by atoms with E-state index >= 15 is 0 Å². The predicted octanol–water partition coefficient (Wildman–Crippen LogP) is 2.37. The Hall–Kier alpha value is -3.85. The lowest BCUT2D eigenvalue weighted by Gasteiger charge is -2.14. The van der Waals surface area contributed by atoms with E-state index in [0.29, 0.717) is 32.2 Å². The number of rotatable bonds is 45. The van der Waals surface area contributed by atoms with Gasteiger partial charge >= 0.3 is 17.9 Å². The largest absolute Gasteiger partial charge is 0.481 e. The van der Waals surface area contributed by atoms with Gasteiger partial charge in [-0.2, -0.15) is 0 Å². The van der Waals surface area contributed by atoms with E-state index in [-0.39, 0.29) is 115 Å². The monoisotopic (exact) mass is 872 g/mol. The second-order valence-corrected chi connectivity index (χ2v) is 14.8. The minimum absolute atomic E-state index is 0.0329. The molecule has 0 bridgehead atoms. The quantitative estimate of drug-likeness (QED) is 0.0322. The van der Waals surface area contributed by atoms with Gasteiger partial charge in [0.25, 0.3) is 0 Å². The van der Waals surface area contributed by atoms with Crippen LogP contribution >= 0.6 is 0 Å². The second kappa shape index (κ2) is 41.5. The summed E-state index contributed by atoms with van der Waals surface area (Å²) in [6.07, 6.45) is 16.9. The van der Waals surface area contributed by atoms with E-state index < -0.39 is 30.0 Å². The maximum absolute atomic E-state index is 12.3. The van der Waals surface area contributed by atoms with E-state index in [1.807, 2.05) is 0 Å². The first-order valence-corrected chi connectivity index (χ1v) is 22.0. The van der Waals surface area contributed by atoms with Gasteiger partial charge in [0.2, 0.25) is 23.6 Å². The van der Waals surface area contributed by atoms with Gasteiger partial charge in [-0.3, -0.25) is 28.8 Å². The van der Waals surface area contributed by atoms with E-state index in [1.54, 1.807) is 0 Å². The van der Waals surface area contributed by atoms with Crippen LogP contribution in [0.5, 0.6) is 0 Å². The molecule has 0 heterocycles. The molecule has 0 spiro atoms. The Morgan fingerprint density at radius 3 is 1.30 bits per heavy atom. The predicted molar refractivity (Wildman–Crippen MR) is 227 cm³/mol. The Morgan fingerprint density at radius 1 is 0.410 bits per heavy atom. The molecule has 8 N–H and O–H groups in total. The van der Waals surface area contributed by atoms with Crippen molar-refractivity contribution in [3.63, 3.8) is 0 Å². The number of nitrogens with one attached hydrogen (secondary N) is 5. The topological polar surface area (TPSA) is 277 Å². The molecule has 0 saturated carbocycles. The number of carbonyl (C=O) groups is 7. The van der Waals surface area contributed by atoms with E-state index in [1.165, 1.54) is 38.5 Å². The van der Waals surface area contributed by atoms with Crippen molar-refractivity contribution < 1.29 is 67.8 Å². The molecule has 19 nitrogen and oxygen atoms in total. The summed E-state index contributed by atoms with van der Waals surface area (Å²) in [6, 6.07) is -1.96. The number of hydrogen-bond acceptors (Lipinski definition) is 12. The van der Waals surface area contributed by atoms with Crippen molar-refractivity contribution in [3.05, 3.63) is 0 Å². The SMILES string of the molecule is [B]N[C@@H](CCCCNC(=O)COCCOCCNC(=O)COCCOCCNC(=O)CC[C@H](NC(=O)CCCCCCCCCCCCCCCCC(=O)O)C(=O)O)C(=O)O. The number of hydrogen-bond donors (Lipinski definition) is 8. The Kier molecular flexibility index (Phi) is 38.9. The number of unbranched alkanes of at least 4 members (excludes halogenated alkanes) is 14. The van der Waals surface area contributed by atoms with Gasteiger partial charge in [0.1, 0.15) is 19.3 Å². The number of carboxylic acids is 3. The first-order valence-electron chi connectivity index (χ1n) is 22.0. The van der Waals surface area contributed by atoms with Crippen molar-refractivity contribution in [2.75, 3.05) is 72.5 Å².